The third-order valence-electron chi connectivity index (χ3n) is 7.31. The molecule has 3 aromatic carbocycles. The van der Waals surface area contributed by atoms with Crippen LogP contribution in [0.4, 0.5) is 16.2 Å². The van der Waals surface area contributed by atoms with E-state index in [1.165, 1.54) is 23.8 Å². The van der Waals surface area contributed by atoms with E-state index in [1.54, 1.807) is 24.3 Å². The molecule has 2 aromatic heterocycles. The van der Waals surface area contributed by atoms with Crippen LogP contribution in [0.5, 0.6) is 11.5 Å². The van der Waals surface area contributed by atoms with Gasteiger partial charge in [0, 0.05) is 39.3 Å². The Bertz CT molecular complexity index is 1790. The molecule has 0 bridgehead atoms. The first-order chi connectivity index (χ1) is 20.8. The Morgan fingerprint density at radius 2 is 1.81 bits per heavy atom. The van der Waals surface area contributed by atoms with Crippen molar-refractivity contribution in [3.8, 4) is 11.5 Å². The summed E-state index contributed by atoms with van der Waals surface area (Å²) in [4.78, 5) is 30.7. The number of carbonyl (C=O) groups is 1. The molecule has 0 atom stereocenters. The third kappa shape index (κ3) is 6.20. The minimum absolute atomic E-state index is 0.218. The molecule has 0 aliphatic carbocycles. The van der Waals surface area contributed by atoms with Crippen LogP contribution in [0.2, 0.25) is 0 Å². The van der Waals surface area contributed by atoms with E-state index in [4.69, 9.17) is 19.4 Å². The van der Waals surface area contributed by atoms with Crippen LogP contribution in [0.15, 0.2) is 73.1 Å². The number of nitrogens with one attached hydrogen (secondary N) is 1. The number of hydrogen-bond donors (Lipinski definition) is 1. The summed E-state index contributed by atoms with van der Waals surface area (Å²) in [7, 11) is 3.57. The number of hydrogen-bond acceptors (Lipinski definition) is 8. The highest BCUT2D eigenvalue weighted by Gasteiger charge is 2.19. The molecule has 0 unspecified atom stereocenters. The molecule has 1 amide bonds. The number of nitrogens with zero attached hydrogens (tertiary/aromatic N) is 6. The van der Waals surface area contributed by atoms with Gasteiger partial charge in [-0.05, 0) is 48.4 Å². The van der Waals surface area contributed by atoms with Gasteiger partial charge < -0.3 is 29.2 Å². The van der Waals surface area contributed by atoms with Gasteiger partial charge in [-0.15, -0.1) is 0 Å². The molecular weight excluding hydrogens is 549 g/mol. The summed E-state index contributed by atoms with van der Waals surface area (Å²) in [6.07, 6.45) is 1.78. The minimum Gasteiger partial charge on any atom is -0.454 e. The van der Waals surface area contributed by atoms with Crippen molar-refractivity contribution >= 4 is 28.8 Å². The molecule has 0 fully saturated rings. The highest BCUT2D eigenvalue weighted by molar-refractivity contribution is 5.94. The maximum Gasteiger partial charge on any atom is 0.253 e. The van der Waals surface area contributed by atoms with Crippen LogP contribution in [0.25, 0.3) is 11.2 Å². The zero-order valence-electron chi connectivity index (χ0n) is 24.2. The van der Waals surface area contributed by atoms with Crippen LogP contribution in [-0.4, -0.2) is 64.3 Å². The predicted molar refractivity (Wildman–Crippen MR) is 162 cm³/mol. The third-order valence-corrected chi connectivity index (χ3v) is 7.31. The van der Waals surface area contributed by atoms with Crippen LogP contribution >= 0.6 is 0 Å². The second-order valence-electron chi connectivity index (χ2n) is 10.6. The summed E-state index contributed by atoms with van der Waals surface area (Å²) in [5, 5.41) is 3.44. The fourth-order valence-corrected chi connectivity index (χ4v) is 4.93. The van der Waals surface area contributed by atoms with Gasteiger partial charge >= 0.3 is 0 Å². The number of amides is 1. The fraction of sp³-hybridized carbons (Fsp3) is 0.250. The number of likely N-dealkylation sites (N-methyl/N-ethyl adjacent to an activating group) is 2. The van der Waals surface area contributed by atoms with Gasteiger partial charge in [0.25, 0.3) is 5.91 Å². The van der Waals surface area contributed by atoms with Gasteiger partial charge in [0.15, 0.2) is 28.5 Å². The molecule has 1 aliphatic heterocycles. The number of imidazole rings is 1. The van der Waals surface area contributed by atoms with E-state index in [0.717, 1.165) is 16.9 Å². The first kappa shape index (κ1) is 28.0. The number of benzene rings is 3. The Kier molecular flexibility index (Phi) is 7.78. The highest BCUT2D eigenvalue weighted by Crippen LogP contribution is 2.33. The SMILES string of the molecule is Cc1cccc(Cn2cnc3c(NCc4ccc5c(c4)OCO5)nc(N(C)CCN(C)C(=O)c4cccc(F)c4)nc32)c1. The van der Waals surface area contributed by atoms with E-state index in [2.05, 4.69) is 35.4 Å². The molecule has 0 saturated carbocycles. The molecular formula is C32H32FN7O3. The lowest BCUT2D eigenvalue weighted by Crippen LogP contribution is -2.35. The Labute approximate surface area is 248 Å². The maximum atomic E-state index is 13.7. The van der Waals surface area contributed by atoms with Crippen molar-refractivity contribution in [1.82, 2.24) is 24.4 Å². The average Bonchev–Trinajstić information content (AvgIpc) is 3.65. The monoisotopic (exact) mass is 581 g/mol. The Balaban J connectivity index is 1.25. The van der Waals surface area contributed by atoms with E-state index >= 15 is 0 Å². The van der Waals surface area contributed by atoms with Crippen molar-refractivity contribution in [2.45, 2.75) is 20.0 Å². The van der Waals surface area contributed by atoms with Crippen LogP contribution < -0.4 is 19.7 Å². The molecule has 43 heavy (non-hydrogen) atoms. The van der Waals surface area contributed by atoms with Crippen molar-refractivity contribution in [3.05, 3.63) is 101 Å². The molecule has 10 nitrogen and oxygen atoms in total. The van der Waals surface area contributed by atoms with Crippen LogP contribution in [0, 0.1) is 12.7 Å². The quantitative estimate of drug-likeness (QED) is 0.250. The topological polar surface area (TPSA) is 97.6 Å². The molecule has 0 saturated heterocycles. The molecule has 6 rings (SSSR count). The van der Waals surface area contributed by atoms with Gasteiger partial charge in [-0.2, -0.15) is 9.97 Å². The van der Waals surface area contributed by atoms with E-state index < -0.39 is 5.82 Å². The molecule has 3 heterocycles. The summed E-state index contributed by atoms with van der Waals surface area (Å²) < 4.78 is 26.6. The van der Waals surface area contributed by atoms with Crippen molar-refractivity contribution in [2.75, 3.05) is 44.2 Å². The first-order valence-corrected chi connectivity index (χ1v) is 14.0. The Morgan fingerprint density at radius 3 is 2.65 bits per heavy atom. The summed E-state index contributed by atoms with van der Waals surface area (Å²) in [5.74, 6) is 1.82. The molecule has 11 heteroatoms. The maximum absolute atomic E-state index is 13.7. The molecule has 1 N–H and O–H groups in total. The van der Waals surface area contributed by atoms with E-state index in [0.29, 0.717) is 60.4 Å². The van der Waals surface area contributed by atoms with Gasteiger partial charge in [0.2, 0.25) is 12.7 Å². The number of carbonyl (C=O) groups excluding carboxylic acids is 1. The largest absolute Gasteiger partial charge is 0.454 e. The molecule has 0 radical (unpaired) electrons. The lowest BCUT2D eigenvalue weighted by atomic mass is 10.1. The number of halogens is 1. The summed E-state index contributed by atoms with van der Waals surface area (Å²) in [6, 6.07) is 19.9. The Morgan fingerprint density at radius 1 is 0.977 bits per heavy atom. The number of rotatable bonds is 10. The van der Waals surface area contributed by atoms with Gasteiger partial charge in [0.1, 0.15) is 5.82 Å². The van der Waals surface area contributed by atoms with Crippen molar-refractivity contribution in [1.29, 1.82) is 0 Å². The molecule has 220 valence electrons. The molecule has 1 aliphatic rings. The Hall–Kier alpha value is -5.19. The number of ether oxygens (including phenoxy) is 2. The van der Waals surface area contributed by atoms with Gasteiger partial charge in [0.05, 0.1) is 12.9 Å². The van der Waals surface area contributed by atoms with Gasteiger partial charge in [-0.1, -0.05) is 42.0 Å². The van der Waals surface area contributed by atoms with Gasteiger partial charge in [-0.25, -0.2) is 9.37 Å². The number of aromatic nitrogens is 4. The number of anilines is 2. The minimum atomic E-state index is -0.443. The zero-order valence-corrected chi connectivity index (χ0v) is 24.2. The number of fused-ring (bicyclic) bond motifs is 2. The second-order valence-corrected chi connectivity index (χ2v) is 10.6. The van der Waals surface area contributed by atoms with Crippen LogP contribution in [0.1, 0.15) is 27.0 Å². The van der Waals surface area contributed by atoms with Crippen LogP contribution in [0.3, 0.4) is 0 Å². The second kappa shape index (κ2) is 12.0. The van der Waals surface area contributed by atoms with E-state index in [-0.39, 0.29) is 12.7 Å². The van der Waals surface area contributed by atoms with Crippen molar-refractivity contribution in [3.63, 3.8) is 0 Å². The smallest absolute Gasteiger partial charge is 0.253 e. The summed E-state index contributed by atoms with van der Waals surface area (Å²) in [6.45, 7) is 4.22. The standard InChI is InChI=1S/C32H32FN7O3/c1-21-6-4-7-23(14-21)18-40-19-35-28-29(34-17-22-10-11-26-27(15-22)43-20-42-26)36-32(37-30(28)40)39(3)13-12-38(2)31(41)24-8-5-9-25(33)16-24/h4-11,14-16,19H,12-13,17-18,20H2,1-3H3,(H,34,36,37). The normalized spacial score (nSPS) is 12.0. The average molecular weight is 582 g/mol. The van der Waals surface area contributed by atoms with E-state index in [1.807, 2.05) is 40.8 Å². The fourth-order valence-electron chi connectivity index (χ4n) is 4.93. The first-order valence-electron chi connectivity index (χ1n) is 14.0. The molecule has 0 spiro atoms. The van der Waals surface area contributed by atoms with Crippen molar-refractivity contribution in [2.24, 2.45) is 0 Å². The summed E-state index contributed by atoms with van der Waals surface area (Å²) in [5.41, 5.74) is 4.97. The predicted octanol–water partition coefficient (Wildman–Crippen LogP) is 4.87. The lowest BCUT2D eigenvalue weighted by molar-refractivity contribution is 0.0798. The zero-order chi connectivity index (χ0) is 29.9. The highest BCUT2D eigenvalue weighted by atomic mass is 19.1. The van der Waals surface area contributed by atoms with Crippen molar-refractivity contribution < 1.29 is 18.7 Å². The lowest BCUT2D eigenvalue weighted by Gasteiger charge is -2.23. The van der Waals surface area contributed by atoms with E-state index in [9.17, 15) is 9.18 Å². The number of aryl methyl sites for hydroxylation is 1. The van der Waals surface area contributed by atoms with Gasteiger partial charge in [-0.3, -0.25) is 4.79 Å². The molecule has 5 aromatic rings. The van der Waals surface area contributed by atoms with Crippen LogP contribution in [-0.2, 0) is 13.1 Å². The summed E-state index contributed by atoms with van der Waals surface area (Å²) >= 11 is 0.